The number of hydrogen-bond acceptors (Lipinski definition) is 2. The molecule has 2 nitrogen and oxygen atoms in total. The maximum atomic E-state index is 6.52. The highest BCUT2D eigenvalue weighted by Crippen LogP contribution is 2.37. The summed E-state index contributed by atoms with van der Waals surface area (Å²) in [6, 6.07) is 9.98. The molecule has 0 amide bonds. The first-order valence-electron chi connectivity index (χ1n) is 8.29. The summed E-state index contributed by atoms with van der Waals surface area (Å²) in [4.78, 5) is 2.68. The lowest BCUT2D eigenvalue weighted by Gasteiger charge is -2.36. The summed E-state index contributed by atoms with van der Waals surface area (Å²) in [7, 11) is 0. The Labute approximate surface area is 138 Å². The molecule has 0 heterocycles. The van der Waals surface area contributed by atoms with Gasteiger partial charge in [-0.05, 0) is 55.8 Å². The summed E-state index contributed by atoms with van der Waals surface area (Å²) in [5, 5.41) is 0. The lowest BCUT2D eigenvalue weighted by Crippen LogP contribution is -2.42. The Balaban J connectivity index is 2.24. The molecule has 1 aromatic carbocycles. The fraction of sp³-hybridized carbons (Fsp3) is 0.667. The fourth-order valence-corrected chi connectivity index (χ4v) is 3.38. The summed E-state index contributed by atoms with van der Waals surface area (Å²) in [6.07, 6.45) is 4.93. The van der Waals surface area contributed by atoms with Crippen LogP contribution in [0.3, 0.4) is 0 Å². The van der Waals surface area contributed by atoms with Crippen molar-refractivity contribution in [2.45, 2.75) is 64.6 Å². The van der Waals surface area contributed by atoms with E-state index in [4.69, 9.17) is 5.73 Å². The molecule has 118 valence electrons. The normalized spacial score (nSPS) is 18.2. The zero-order valence-corrected chi connectivity index (χ0v) is 15.1. The summed E-state index contributed by atoms with van der Waals surface area (Å²) in [6.45, 7) is 7.97. The average Bonchev–Trinajstić information content (AvgIpc) is 3.26. The van der Waals surface area contributed by atoms with Crippen molar-refractivity contribution in [1.29, 1.82) is 0 Å². The summed E-state index contributed by atoms with van der Waals surface area (Å²) in [5.74, 6) is 0.743. The number of rotatable bonds is 8. The van der Waals surface area contributed by atoms with Gasteiger partial charge in [0.15, 0.2) is 0 Å². The Hall–Kier alpha value is -0.380. The van der Waals surface area contributed by atoms with Crippen LogP contribution in [0.5, 0.6) is 0 Å². The first-order chi connectivity index (χ1) is 10.0. The van der Waals surface area contributed by atoms with Crippen molar-refractivity contribution in [2.75, 3.05) is 6.54 Å². The summed E-state index contributed by atoms with van der Waals surface area (Å²) < 4.78 is 1.15. The molecule has 2 N–H and O–H groups in total. The summed E-state index contributed by atoms with van der Waals surface area (Å²) >= 11 is 3.61. The van der Waals surface area contributed by atoms with Crippen LogP contribution in [0.2, 0.25) is 0 Å². The van der Waals surface area contributed by atoms with E-state index >= 15 is 0 Å². The van der Waals surface area contributed by atoms with Gasteiger partial charge in [-0.25, -0.2) is 0 Å². The van der Waals surface area contributed by atoms with Gasteiger partial charge in [0.05, 0.1) is 6.04 Å². The predicted octanol–water partition coefficient (Wildman–Crippen LogP) is 4.74. The van der Waals surface area contributed by atoms with E-state index in [-0.39, 0.29) is 6.04 Å². The number of nitrogens with two attached hydrogens (primary N) is 1. The molecule has 2 rings (SSSR count). The van der Waals surface area contributed by atoms with Gasteiger partial charge in [-0.3, -0.25) is 4.90 Å². The highest BCUT2D eigenvalue weighted by Gasteiger charge is 2.36. The lowest BCUT2D eigenvalue weighted by atomic mass is 9.95. The molecule has 1 saturated carbocycles. The molecular weight excluding hydrogens is 324 g/mol. The first kappa shape index (κ1) is 17.0. The van der Waals surface area contributed by atoms with E-state index in [2.05, 4.69) is 65.9 Å². The van der Waals surface area contributed by atoms with Crippen LogP contribution in [-0.2, 0) is 0 Å². The minimum Gasteiger partial charge on any atom is -0.326 e. The van der Waals surface area contributed by atoms with Crippen molar-refractivity contribution >= 4 is 15.9 Å². The van der Waals surface area contributed by atoms with Gasteiger partial charge in [-0.2, -0.15) is 0 Å². The predicted molar refractivity (Wildman–Crippen MR) is 94.3 cm³/mol. The van der Waals surface area contributed by atoms with Gasteiger partial charge in [0.1, 0.15) is 0 Å². The monoisotopic (exact) mass is 352 g/mol. The largest absolute Gasteiger partial charge is 0.326 e. The van der Waals surface area contributed by atoms with Gasteiger partial charge in [-0.15, -0.1) is 0 Å². The summed E-state index contributed by atoms with van der Waals surface area (Å²) in [5.41, 5.74) is 7.87. The Morgan fingerprint density at radius 1 is 1.33 bits per heavy atom. The number of nitrogens with zero attached hydrogens (tertiary/aromatic N) is 1. The third kappa shape index (κ3) is 4.80. The Kier molecular flexibility index (Phi) is 6.27. The van der Waals surface area contributed by atoms with Crippen LogP contribution in [-0.4, -0.2) is 23.5 Å². The van der Waals surface area contributed by atoms with Crippen LogP contribution >= 0.6 is 15.9 Å². The van der Waals surface area contributed by atoms with Gasteiger partial charge in [-0.1, -0.05) is 48.8 Å². The topological polar surface area (TPSA) is 29.3 Å². The SMILES string of the molecule is CCC(N)C(c1cccc(Br)c1)N(CCC(C)C)C1CC1. The maximum Gasteiger partial charge on any atom is 0.0502 e. The standard InChI is InChI=1S/C18H29BrN2/c1-4-17(20)18(14-6-5-7-15(19)12-14)21(16-8-9-16)11-10-13(2)3/h5-7,12-13,16-18H,4,8-11,20H2,1-3H3. The van der Waals surface area contributed by atoms with Crippen molar-refractivity contribution in [2.24, 2.45) is 11.7 Å². The van der Waals surface area contributed by atoms with E-state index in [0.29, 0.717) is 6.04 Å². The van der Waals surface area contributed by atoms with Crippen LogP contribution in [0, 0.1) is 5.92 Å². The van der Waals surface area contributed by atoms with Crippen molar-refractivity contribution in [3.63, 3.8) is 0 Å². The first-order valence-corrected chi connectivity index (χ1v) is 9.09. The smallest absolute Gasteiger partial charge is 0.0502 e. The van der Waals surface area contributed by atoms with Crippen LogP contribution in [0.15, 0.2) is 28.7 Å². The lowest BCUT2D eigenvalue weighted by molar-refractivity contribution is 0.151. The van der Waals surface area contributed by atoms with Crippen LogP contribution < -0.4 is 5.73 Å². The number of benzene rings is 1. The highest BCUT2D eigenvalue weighted by atomic mass is 79.9. The van der Waals surface area contributed by atoms with Crippen molar-refractivity contribution < 1.29 is 0 Å². The zero-order chi connectivity index (χ0) is 15.4. The molecule has 1 fully saturated rings. The Morgan fingerprint density at radius 2 is 2.05 bits per heavy atom. The second-order valence-electron chi connectivity index (χ2n) is 6.72. The van der Waals surface area contributed by atoms with Gasteiger partial charge in [0, 0.05) is 16.6 Å². The zero-order valence-electron chi connectivity index (χ0n) is 13.6. The second-order valence-corrected chi connectivity index (χ2v) is 7.64. The molecule has 3 heteroatoms. The van der Waals surface area contributed by atoms with Gasteiger partial charge in [0.25, 0.3) is 0 Å². The van der Waals surface area contributed by atoms with Crippen LogP contribution in [0.25, 0.3) is 0 Å². The van der Waals surface area contributed by atoms with Crippen molar-refractivity contribution in [1.82, 2.24) is 4.90 Å². The molecule has 0 aromatic heterocycles. The minimum absolute atomic E-state index is 0.201. The van der Waals surface area contributed by atoms with E-state index in [1.54, 1.807) is 0 Å². The van der Waals surface area contributed by atoms with Gasteiger partial charge < -0.3 is 5.73 Å². The van der Waals surface area contributed by atoms with E-state index in [1.165, 1.54) is 24.8 Å². The van der Waals surface area contributed by atoms with E-state index in [0.717, 1.165) is 29.4 Å². The minimum atomic E-state index is 0.201. The van der Waals surface area contributed by atoms with Gasteiger partial charge >= 0.3 is 0 Å². The molecule has 0 radical (unpaired) electrons. The molecule has 1 aromatic rings. The fourth-order valence-electron chi connectivity index (χ4n) is 2.96. The molecule has 2 unspecified atom stereocenters. The molecule has 0 bridgehead atoms. The molecular formula is C18H29BrN2. The second kappa shape index (κ2) is 7.75. The van der Waals surface area contributed by atoms with E-state index in [1.807, 2.05) is 0 Å². The Morgan fingerprint density at radius 3 is 2.57 bits per heavy atom. The third-order valence-electron chi connectivity index (χ3n) is 4.40. The van der Waals surface area contributed by atoms with Crippen molar-refractivity contribution in [3.05, 3.63) is 34.3 Å². The van der Waals surface area contributed by atoms with Crippen LogP contribution in [0.4, 0.5) is 0 Å². The van der Waals surface area contributed by atoms with Crippen molar-refractivity contribution in [3.8, 4) is 0 Å². The number of hydrogen-bond donors (Lipinski definition) is 1. The molecule has 0 spiro atoms. The maximum absolute atomic E-state index is 6.52. The average molecular weight is 353 g/mol. The van der Waals surface area contributed by atoms with E-state index in [9.17, 15) is 0 Å². The molecule has 21 heavy (non-hydrogen) atoms. The molecule has 2 atom stereocenters. The van der Waals surface area contributed by atoms with E-state index < -0.39 is 0 Å². The third-order valence-corrected chi connectivity index (χ3v) is 4.90. The quantitative estimate of drug-likeness (QED) is 0.732. The molecule has 1 aliphatic rings. The molecule has 0 aliphatic heterocycles. The number of halogens is 1. The Bertz CT molecular complexity index is 443. The molecule has 1 aliphatic carbocycles. The van der Waals surface area contributed by atoms with Gasteiger partial charge in [0.2, 0.25) is 0 Å². The molecule has 0 saturated heterocycles. The van der Waals surface area contributed by atoms with Crippen LogP contribution in [0.1, 0.15) is 58.1 Å². The highest BCUT2D eigenvalue weighted by molar-refractivity contribution is 9.10.